The number of hydrogen-bond donors (Lipinski definition) is 2. The van der Waals surface area contributed by atoms with Gasteiger partial charge in [0.25, 0.3) is 5.91 Å². The fraction of sp³-hybridized carbons (Fsp3) is 0.286. The number of thiazole rings is 1. The Kier molecular flexibility index (Phi) is 9.76. The van der Waals surface area contributed by atoms with Gasteiger partial charge in [0, 0.05) is 17.5 Å². The molecule has 0 spiro atoms. The van der Waals surface area contributed by atoms with Crippen molar-refractivity contribution in [1.82, 2.24) is 10.3 Å². The first-order chi connectivity index (χ1) is 9.74. The Morgan fingerprint density at radius 2 is 2.00 bits per heavy atom. The number of aromatic nitrogens is 1. The fourth-order valence-corrected chi connectivity index (χ4v) is 2.44. The van der Waals surface area contributed by atoms with Gasteiger partial charge in [0.2, 0.25) is 0 Å². The number of hydrogen-bond acceptors (Lipinski definition) is 5. The maximum Gasteiger partial charge on any atom is 0.270 e. The van der Waals surface area contributed by atoms with Crippen molar-refractivity contribution in [2.75, 3.05) is 20.2 Å². The van der Waals surface area contributed by atoms with Crippen molar-refractivity contribution in [1.29, 1.82) is 0 Å². The lowest BCUT2D eigenvalue weighted by Crippen LogP contribution is -2.26. The number of amides is 1. The molecule has 0 aliphatic carbocycles. The molecule has 8 heteroatoms. The van der Waals surface area contributed by atoms with Gasteiger partial charge >= 0.3 is 0 Å². The number of methoxy groups -OCH3 is 1. The van der Waals surface area contributed by atoms with Gasteiger partial charge in [-0.1, -0.05) is 0 Å². The number of nitrogens with zero attached hydrogens (tertiary/aromatic N) is 1. The van der Waals surface area contributed by atoms with Crippen LogP contribution in [0.4, 0.5) is 0 Å². The zero-order valence-electron chi connectivity index (χ0n) is 12.1. The molecule has 2 rings (SSSR count). The Hall–Kier alpha value is -1.34. The smallest absolute Gasteiger partial charge is 0.270 e. The number of nitrogens with one attached hydrogen (secondary N) is 1. The average molecular weight is 364 g/mol. The molecule has 0 unspecified atom stereocenters. The van der Waals surface area contributed by atoms with Crippen molar-refractivity contribution in [3.63, 3.8) is 0 Å². The molecule has 0 saturated carbocycles. The van der Waals surface area contributed by atoms with E-state index in [0.717, 1.165) is 22.7 Å². The molecule has 22 heavy (non-hydrogen) atoms. The molecule has 1 aromatic heterocycles. The summed E-state index contributed by atoms with van der Waals surface area (Å²) in [5.41, 5.74) is 6.79. The third-order valence-electron chi connectivity index (χ3n) is 2.74. The van der Waals surface area contributed by atoms with Crippen LogP contribution in [0.5, 0.6) is 5.75 Å². The topological polar surface area (TPSA) is 77.2 Å². The first-order valence-electron chi connectivity index (χ1n) is 6.33. The number of carbonyl (C=O) groups is 1. The Morgan fingerprint density at radius 3 is 2.59 bits per heavy atom. The summed E-state index contributed by atoms with van der Waals surface area (Å²) in [6, 6.07) is 7.59. The summed E-state index contributed by atoms with van der Waals surface area (Å²) in [4.78, 5) is 16.2. The first-order valence-corrected chi connectivity index (χ1v) is 7.21. The lowest BCUT2D eigenvalue weighted by Gasteiger charge is -2.01. The largest absolute Gasteiger partial charge is 0.497 e. The zero-order valence-corrected chi connectivity index (χ0v) is 14.5. The molecule has 0 aliphatic heterocycles. The summed E-state index contributed by atoms with van der Waals surface area (Å²) >= 11 is 1.45. The molecule has 5 nitrogen and oxygen atoms in total. The fourth-order valence-electron chi connectivity index (χ4n) is 1.64. The lowest BCUT2D eigenvalue weighted by atomic mass is 10.2. The van der Waals surface area contributed by atoms with E-state index in [9.17, 15) is 4.79 Å². The maximum atomic E-state index is 11.8. The minimum Gasteiger partial charge on any atom is -0.497 e. The molecule has 0 saturated heterocycles. The van der Waals surface area contributed by atoms with E-state index in [1.807, 2.05) is 24.3 Å². The molecule has 1 amide bonds. The molecule has 122 valence electrons. The predicted molar refractivity (Wildman–Crippen MR) is 94.6 cm³/mol. The second-order valence-electron chi connectivity index (χ2n) is 4.16. The standard InChI is InChI=1S/C14H17N3O2S.2ClH/c1-19-11-5-3-10(4-6-11)14-17-12(9-20-14)13(18)16-8-2-7-15;;/h3-6,9H,2,7-8,15H2,1H3,(H,16,18);2*1H. The number of rotatable bonds is 6. The summed E-state index contributed by atoms with van der Waals surface area (Å²) in [5, 5.41) is 5.37. The monoisotopic (exact) mass is 363 g/mol. The number of nitrogens with two attached hydrogens (primary N) is 1. The minimum absolute atomic E-state index is 0. The molecular formula is C14H19Cl2N3O2S. The predicted octanol–water partition coefficient (Wildman–Crippen LogP) is 2.74. The van der Waals surface area contributed by atoms with Crippen LogP contribution in [0.15, 0.2) is 29.6 Å². The average Bonchev–Trinajstić information content (AvgIpc) is 2.97. The summed E-state index contributed by atoms with van der Waals surface area (Å²) in [7, 11) is 1.63. The van der Waals surface area contributed by atoms with E-state index in [4.69, 9.17) is 10.5 Å². The number of benzene rings is 1. The van der Waals surface area contributed by atoms with Crippen LogP contribution in [-0.2, 0) is 0 Å². The molecule has 0 atom stereocenters. The van der Waals surface area contributed by atoms with Crippen molar-refractivity contribution in [3.05, 3.63) is 35.3 Å². The van der Waals surface area contributed by atoms with Gasteiger partial charge in [0.15, 0.2) is 0 Å². The van der Waals surface area contributed by atoms with E-state index in [1.54, 1.807) is 12.5 Å². The molecular weight excluding hydrogens is 345 g/mol. The SMILES string of the molecule is COc1ccc(-c2nc(C(=O)NCCCN)cs2)cc1.Cl.Cl. The van der Waals surface area contributed by atoms with E-state index in [0.29, 0.717) is 18.8 Å². The van der Waals surface area contributed by atoms with Crippen molar-refractivity contribution < 1.29 is 9.53 Å². The molecule has 0 radical (unpaired) electrons. The van der Waals surface area contributed by atoms with Gasteiger partial charge in [0.05, 0.1) is 7.11 Å². The van der Waals surface area contributed by atoms with E-state index >= 15 is 0 Å². The normalized spacial score (nSPS) is 9.36. The molecule has 2 aromatic rings. The first kappa shape index (κ1) is 20.7. The van der Waals surface area contributed by atoms with Crippen molar-refractivity contribution >= 4 is 42.1 Å². The highest BCUT2D eigenvalue weighted by molar-refractivity contribution is 7.13. The van der Waals surface area contributed by atoms with Crippen LogP contribution in [0.25, 0.3) is 10.6 Å². The molecule has 0 aliphatic rings. The Bertz CT molecular complexity index is 576. The van der Waals surface area contributed by atoms with Crippen LogP contribution < -0.4 is 15.8 Å². The number of halogens is 2. The highest BCUT2D eigenvalue weighted by Crippen LogP contribution is 2.25. The summed E-state index contributed by atoms with van der Waals surface area (Å²) < 4.78 is 5.11. The summed E-state index contributed by atoms with van der Waals surface area (Å²) in [5.74, 6) is 0.638. The van der Waals surface area contributed by atoms with Crippen LogP contribution in [0.2, 0.25) is 0 Å². The van der Waals surface area contributed by atoms with E-state index < -0.39 is 0 Å². The molecule has 1 heterocycles. The molecule has 0 fully saturated rings. The van der Waals surface area contributed by atoms with Gasteiger partial charge < -0.3 is 15.8 Å². The van der Waals surface area contributed by atoms with E-state index in [-0.39, 0.29) is 30.7 Å². The van der Waals surface area contributed by atoms with Crippen molar-refractivity contribution in [2.45, 2.75) is 6.42 Å². The van der Waals surface area contributed by atoms with Crippen LogP contribution in [0.1, 0.15) is 16.9 Å². The quantitative estimate of drug-likeness (QED) is 0.773. The van der Waals surface area contributed by atoms with Crippen LogP contribution in [0.3, 0.4) is 0 Å². The Balaban J connectivity index is 0.00000220. The van der Waals surface area contributed by atoms with Gasteiger partial charge in [-0.3, -0.25) is 4.79 Å². The molecule has 3 N–H and O–H groups in total. The lowest BCUT2D eigenvalue weighted by molar-refractivity contribution is 0.0949. The van der Waals surface area contributed by atoms with Gasteiger partial charge in [0.1, 0.15) is 16.5 Å². The van der Waals surface area contributed by atoms with Crippen LogP contribution >= 0.6 is 36.2 Å². The number of carbonyl (C=O) groups excluding carboxylic acids is 1. The minimum atomic E-state index is -0.158. The second-order valence-corrected chi connectivity index (χ2v) is 5.02. The van der Waals surface area contributed by atoms with Crippen LogP contribution in [-0.4, -0.2) is 31.1 Å². The molecule has 0 bridgehead atoms. The van der Waals surface area contributed by atoms with Gasteiger partial charge in [-0.25, -0.2) is 4.98 Å². The summed E-state index contributed by atoms with van der Waals surface area (Å²) in [6.07, 6.45) is 0.765. The third-order valence-corrected chi connectivity index (χ3v) is 3.63. The zero-order chi connectivity index (χ0) is 14.4. The third kappa shape index (κ3) is 5.46. The molecule has 1 aromatic carbocycles. The van der Waals surface area contributed by atoms with Crippen LogP contribution in [0, 0.1) is 0 Å². The van der Waals surface area contributed by atoms with Gasteiger partial charge in [-0.05, 0) is 37.2 Å². The summed E-state index contributed by atoms with van der Waals surface area (Å²) in [6.45, 7) is 1.14. The number of ether oxygens (including phenoxy) is 1. The second kappa shape index (κ2) is 10.4. The van der Waals surface area contributed by atoms with Gasteiger partial charge in [-0.2, -0.15) is 0 Å². The highest BCUT2D eigenvalue weighted by Gasteiger charge is 2.11. The highest BCUT2D eigenvalue weighted by atomic mass is 35.5. The van der Waals surface area contributed by atoms with Crippen molar-refractivity contribution in [2.24, 2.45) is 5.73 Å². The Labute approximate surface area is 146 Å². The van der Waals surface area contributed by atoms with Crippen molar-refractivity contribution in [3.8, 4) is 16.3 Å². The van der Waals surface area contributed by atoms with Gasteiger partial charge in [-0.15, -0.1) is 36.2 Å². The Morgan fingerprint density at radius 1 is 1.32 bits per heavy atom. The van der Waals surface area contributed by atoms with E-state index in [2.05, 4.69) is 10.3 Å². The maximum absolute atomic E-state index is 11.8. The van der Waals surface area contributed by atoms with E-state index in [1.165, 1.54) is 11.3 Å².